The van der Waals surface area contributed by atoms with Gasteiger partial charge in [-0.2, -0.15) is 0 Å². The van der Waals surface area contributed by atoms with E-state index in [9.17, 15) is 14.3 Å². The number of phenolic OH excluding ortho intramolecular Hbond substituents is 1. The molecule has 0 aliphatic heterocycles. The molecular weight excluding hydrogens is 191 g/mol. The van der Waals surface area contributed by atoms with Crippen molar-refractivity contribution in [1.29, 1.82) is 0 Å². The van der Waals surface area contributed by atoms with Crippen LogP contribution in [-0.2, 0) is 4.79 Å². The minimum absolute atomic E-state index is 0.115. The summed E-state index contributed by atoms with van der Waals surface area (Å²) in [6.45, 7) is 0. The predicted octanol–water partition coefficient (Wildman–Crippen LogP) is 1.50. The molecule has 0 radical (unpaired) electrons. The minimum Gasteiger partial charge on any atom is -0.504 e. The van der Waals surface area contributed by atoms with Gasteiger partial charge in [0.25, 0.3) is 0 Å². The van der Waals surface area contributed by atoms with Gasteiger partial charge in [0.15, 0.2) is 11.5 Å². The molecule has 0 aliphatic rings. The number of hydrogen-bond acceptors (Lipinski definition) is 3. The highest BCUT2D eigenvalue weighted by atomic mass is 19.1. The number of halogens is 1. The van der Waals surface area contributed by atoms with Crippen LogP contribution in [0, 0.1) is 0 Å². The zero-order valence-corrected chi connectivity index (χ0v) is 7.40. The lowest BCUT2D eigenvalue weighted by Gasteiger charge is -2.06. The third-order valence-corrected chi connectivity index (χ3v) is 1.71. The van der Waals surface area contributed by atoms with Crippen molar-refractivity contribution in [1.82, 2.24) is 0 Å². The lowest BCUT2D eigenvalue weighted by atomic mass is 10.1. The minimum atomic E-state index is -2.13. The van der Waals surface area contributed by atoms with Crippen molar-refractivity contribution < 1.29 is 24.1 Å². The quantitative estimate of drug-likeness (QED) is 0.775. The van der Waals surface area contributed by atoms with Gasteiger partial charge >= 0.3 is 5.97 Å². The Morgan fingerprint density at radius 1 is 1.57 bits per heavy atom. The van der Waals surface area contributed by atoms with E-state index in [0.717, 1.165) is 6.07 Å². The predicted molar refractivity (Wildman–Crippen MR) is 46.1 cm³/mol. The summed E-state index contributed by atoms with van der Waals surface area (Å²) in [6.07, 6.45) is -2.13. The molecule has 0 aromatic heterocycles. The molecule has 1 aromatic rings. The van der Waals surface area contributed by atoms with Crippen molar-refractivity contribution in [3.8, 4) is 11.5 Å². The number of carbonyl (C=O) groups is 1. The standard InChI is InChI=1S/C9H9FO4/c1-14-7-3-2-5(4-6(7)11)8(10)9(12)13/h2-4,8,11H,1H3,(H,12,13). The topological polar surface area (TPSA) is 66.8 Å². The van der Waals surface area contributed by atoms with Crippen LogP contribution in [0.1, 0.15) is 11.7 Å². The molecule has 76 valence electrons. The zero-order valence-electron chi connectivity index (χ0n) is 7.40. The smallest absolute Gasteiger partial charge is 0.343 e. The molecule has 0 bridgehead atoms. The average molecular weight is 200 g/mol. The van der Waals surface area contributed by atoms with E-state index in [4.69, 9.17) is 9.84 Å². The maximum absolute atomic E-state index is 12.9. The Hall–Kier alpha value is -1.78. The van der Waals surface area contributed by atoms with Crippen LogP contribution in [-0.4, -0.2) is 23.3 Å². The van der Waals surface area contributed by atoms with Crippen LogP contribution in [0.25, 0.3) is 0 Å². The summed E-state index contributed by atoms with van der Waals surface area (Å²) in [7, 11) is 1.35. The molecule has 4 nitrogen and oxygen atoms in total. The van der Waals surface area contributed by atoms with Crippen LogP contribution in [0.4, 0.5) is 4.39 Å². The zero-order chi connectivity index (χ0) is 10.7. The average Bonchev–Trinajstić information content (AvgIpc) is 2.16. The summed E-state index contributed by atoms with van der Waals surface area (Å²) in [5.74, 6) is -1.70. The number of methoxy groups -OCH3 is 1. The molecule has 0 fully saturated rings. The van der Waals surface area contributed by atoms with Gasteiger partial charge in [0.05, 0.1) is 7.11 Å². The highest BCUT2D eigenvalue weighted by molar-refractivity contribution is 5.74. The highest BCUT2D eigenvalue weighted by Crippen LogP contribution is 2.30. The number of rotatable bonds is 3. The van der Waals surface area contributed by atoms with Crippen molar-refractivity contribution in [3.05, 3.63) is 23.8 Å². The number of alkyl halides is 1. The fourth-order valence-corrected chi connectivity index (χ4v) is 1.01. The van der Waals surface area contributed by atoms with Crippen molar-refractivity contribution >= 4 is 5.97 Å². The first kappa shape index (κ1) is 10.3. The van der Waals surface area contributed by atoms with E-state index in [0.29, 0.717) is 0 Å². The molecule has 1 atom stereocenters. The summed E-state index contributed by atoms with van der Waals surface area (Å²) >= 11 is 0. The Kier molecular flexibility index (Phi) is 2.91. The maximum atomic E-state index is 12.9. The first-order valence-electron chi connectivity index (χ1n) is 3.80. The SMILES string of the molecule is COc1ccc(C(F)C(=O)O)cc1O. The molecule has 0 spiro atoms. The molecule has 1 aromatic carbocycles. The molecule has 1 rings (SSSR count). The molecule has 2 N–H and O–H groups in total. The summed E-state index contributed by atoms with van der Waals surface area (Å²) in [5.41, 5.74) is -0.115. The normalized spacial score (nSPS) is 12.1. The Bertz CT molecular complexity index is 351. The van der Waals surface area contributed by atoms with E-state index < -0.39 is 12.1 Å². The van der Waals surface area contributed by atoms with Gasteiger partial charge in [0.2, 0.25) is 6.17 Å². The van der Waals surface area contributed by atoms with E-state index in [1.807, 2.05) is 0 Å². The monoisotopic (exact) mass is 200 g/mol. The summed E-state index contributed by atoms with van der Waals surface area (Å²) in [4.78, 5) is 10.3. The van der Waals surface area contributed by atoms with E-state index >= 15 is 0 Å². The summed E-state index contributed by atoms with van der Waals surface area (Å²) in [5, 5.41) is 17.6. The van der Waals surface area contributed by atoms with Gasteiger partial charge in [-0.15, -0.1) is 0 Å². The molecule has 0 saturated heterocycles. The fraction of sp³-hybridized carbons (Fsp3) is 0.222. The third-order valence-electron chi connectivity index (χ3n) is 1.71. The highest BCUT2D eigenvalue weighted by Gasteiger charge is 2.19. The molecule has 0 saturated carbocycles. The molecule has 0 aliphatic carbocycles. The Morgan fingerprint density at radius 2 is 2.21 bits per heavy atom. The van der Waals surface area contributed by atoms with Gasteiger partial charge in [0.1, 0.15) is 0 Å². The fourth-order valence-electron chi connectivity index (χ4n) is 1.01. The van der Waals surface area contributed by atoms with Crippen molar-refractivity contribution in [2.24, 2.45) is 0 Å². The number of ether oxygens (including phenoxy) is 1. The number of benzene rings is 1. The first-order valence-corrected chi connectivity index (χ1v) is 3.80. The lowest BCUT2D eigenvalue weighted by molar-refractivity contribution is -0.143. The maximum Gasteiger partial charge on any atom is 0.343 e. The van der Waals surface area contributed by atoms with E-state index in [2.05, 4.69) is 0 Å². The van der Waals surface area contributed by atoms with Crippen LogP contribution < -0.4 is 4.74 Å². The number of aromatic hydroxyl groups is 1. The molecule has 5 heteroatoms. The lowest BCUT2D eigenvalue weighted by Crippen LogP contribution is -2.05. The number of aliphatic carboxylic acids is 1. The molecule has 1 unspecified atom stereocenters. The summed E-state index contributed by atoms with van der Waals surface area (Å²) in [6, 6.07) is 3.58. The Balaban J connectivity index is 3.02. The number of phenols is 1. The summed E-state index contributed by atoms with van der Waals surface area (Å²) < 4.78 is 17.6. The molecule has 0 amide bonds. The molecule has 14 heavy (non-hydrogen) atoms. The van der Waals surface area contributed by atoms with Gasteiger partial charge in [0, 0.05) is 5.56 Å². The second kappa shape index (κ2) is 3.95. The van der Waals surface area contributed by atoms with Crippen LogP contribution in [0.5, 0.6) is 11.5 Å². The van der Waals surface area contributed by atoms with Gasteiger partial charge in [-0.25, -0.2) is 9.18 Å². The van der Waals surface area contributed by atoms with Crippen LogP contribution in [0.2, 0.25) is 0 Å². The number of carboxylic acids is 1. The van der Waals surface area contributed by atoms with Crippen LogP contribution in [0.3, 0.4) is 0 Å². The van der Waals surface area contributed by atoms with Crippen molar-refractivity contribution in [3.63, 3.8) is 0 Å². The number of carboxylic acid groups (broad SMARTS) is 1. The number of hydrogen-bond donors (Lipinski definition) is 2. The van der Waals surface area contributed by atoms with Gasteiger partial charge < -0.3 is 14.9 Å². The van der Waals surface area contributed by atoms with Crippen LogP contribution >= 0.6 is 0 Å². The second-order valence-corrected chi connectivity index (χ2v) is 2.63. The Morgan fingerprint density at radius 3 is 2.64 bits per heavy atom. The Labute approximate surface area is 79.6 Å². The second-order valence-electron chi connectivity index (χ2n) is 2.63. The van der Waals surface area contributed by atoms with Gasteiger partial charge in [-0.1, -0.05) is 6.07 Å². The van der Waals surface area contributed by atoms with E-state index in [-0.39, 0.29) is 17.1 Å². The van der Waals surface area contributed by atoms with Crippen molar-refractivity contribution in [2.45, 2.75) is 6.17 Å². The van der Waals surface area contributed by atoms with Crippen molar-refractivity contribution in [2.75, 3.05) is 7.11 Å². The first-order chi connectivity index (χ1) is 6.56. The van der Waals surface area contributed by atoms with Gasteiger partial charge in [-0.05, 0) is 12.1 Å². The largest absolute Gasteiger partial charge is 0.504 e. The van der Waals surface area contributed by atoms with E-state index in [1.54, 1.807) is 0 Å². The third kappa shape index (κ3) is 1.93. The molecule has 0 heterocycles. The molecular formula is C9H9FO4. The van der Waals surface area contributed by atoms with Gasteiger partial charge in [-0.3, -0.25) is 0 Å². The van der Waals surface area contributed by atoms with E-state index in [1.165, 1.54) is 19.2 Å². The van der Waals surface area contributed by atoms with Crippen LogP contribution in [0.15, 0.2) is 18.2 Å².